The van der Waals surface area contributed by atoms with Gasteiger partial charge in [0.05, 0.1) is 0 Å². The van der Waals surface area contributed by atoms with Crippen molar-refractivity contribution in [1.29, 1.82) is 0 Å². The minimum atomic E-state index is 0. The van der Waals surface area contributed by atoms with E-state index in [-0.39, 0.29) is 41.8 Å². The average Bonchev–Trinajstić information content (AvgIpc) is 3.13. The van der Waals surface area contributed by atoms with Crippen molar-refractivity contribution in [2.45, 2.75) is 46.3 Å². The number of amides is 1. The zero-order valence-electron chi connectivity index (χ0n) is 17.9. The van der Waals surface area contributed by atoms with Crippen LogP contribution in [0.4, 0.5) is 0 Å². The molecular formula is C21H36IN5O. The summed E-state index contributed by atoms with van der Waals surface area (Å²) in [5.74, 6) is 1.08. The first-order valence-corrected chi connectivity index (χ1v) is 9.95. The van der Waals surface area contributed by atoms with E-state index in [0.717, 1.165) is 45.1 Å². The van der Waals surface area contributed by atoms with Gasteiger partial charge in [-0.3, -0.25) is 9.79 Å². The summed E-state index contributed by atoms with van der Waals surface area (Å²) in [6.07, 6.45) is 0.956. The molecule has 1 fully saturated rings. The van der Waals surface area contributed by atoms with Crippen molar-refractivity contribution in [2.75, 3.05) is 33.7 Å². The molecule has 2 N–H and O–H groups in total. The second-order valence-electron chi connectivity index (χ2n) is 7.65. The molecule has 1 heterocycles. The topological polar surface area (TPSA) is 60.0 Å². The van der Waals surface area contributed by atoms with Crippen LogP contribution < -0.4 is 10.6 Å². The molecule has 1 aromatic carbocycles. The molecular weight excluding hydrogens is 465 g/mol. The van der Waals surface area contributed by atoms with Gasteiger partial charge >= 0.3 is 0 Å². The number of aliphatic imine (C=N–C) groups is 1. The van der Waals surface area contributed by atoms with Gasteiger partial charge in [-0.15, -0.1) is 24.0 Å². The Morgan fingerprint density at radius 3 is 2.71 bits per heavy atom. The zero-order chi connectivity index (χ0) is 19.8. The monoisotopic (exact) mass is 501 g/mol. The van der Waals surface area contributed by atoms with Crippen molar-refractivity contribution in [3.63, 3.8) is 0 Å². The maximum Gasteiger partial charge on any atom is 0.225 e. The quantitative estimate of drug-likeness (QED) is 0.343. The molecule has 1 aromatic rings. The SMILES string of the molecule is CCN(C)Cc1cccc(CNC(=NC)NC2CCN(C(=O)C(C)C)C2)c1.I. The Balaban J connectivity index is 0.00000392. The van der Waals surface area contributed by atoms with Crippen molar-refractivity contribution < 1.29 is 4.79 Å². The van der Waals surface area contributed by atoms with E-state index < -0.39 is 0 Å². The molecule has 7 heteroatoms. The lowest BCUT2D eigenvalue weighted by molar-refractivity contribution is -0.133. The van der Waals surface area contributed by atoms with Crippen LogP contribution in [0.2, 0.25) is 0 Å². The second kappa shape index (κ2) is 12.3. The van der Waals surface area contributed by atoms with Crippen LogP contribution in [0.5, 0.6) is 0 Å². The Morgan fingerprint density at radius 2 is 2.07 bits per heavy atom. The molecule has 1 aliphatic rings. The van der Waals surface area contributed by atoms with E-state index in [4.69, 9.17) is 0 Å². The fourth-order valence-corrected chi connectivity index (χ4v) is 3.28. The van der Waals surface area contributed by atoms with E-state index in [9.17, 15) is 4.79 Å². The highest BCUT2D eigenvalue weighted by Crippen LogP contribution is 2.13. The molecule has 0 aromatic heterocycles. The van der Waals surface area contributed by atoms with Gasteiger partial charge in [-0.05, 0) is 31.1 Å². The average molecular weight is 501 g/mol. The Bertz CT molecular complexity index is 649. The highest BCUT2D eigenvalue weighted by atomic mass is 127. The summed E-state index contributed by atoms with van der Waals surface area (Å²) in [6.45, 7) is 10.4. The molecule has 0 bridgehead atoms. The van der Waals surface area contributed by atoms with Gasteiger partial charge in [-0.25, -0.2) is 0 Å². The third-order valence-corrected chi connectivity index (χ3v) is 5.00. The molecule has 0 aliphatic carbocycles. The molecule has 6 nitrogen and oxygen atoms in total. The van der Waals surface area contributed by atoms with Gasteiger partial charge in [0.25, 0.3) is 0 Å². The minimum absolute atomic E-state index is 0. The predicted octanol–water partition coefficient (Wildman–Crippen LogP) is 2.68. The van der Waals surface area contributed by atoms with Crippen LogP contribution in [0.15, 0.2) is 29.3 Å². The van der Waals surface area contributed by atoms with Crippen molar-refractivity contribution >= 4 is 35.8 Å². The van der Waals surface area contributed by atoms with E-state index in [0.29, 0.717) is 0 Å². The number of hydrogen-bond donors (Lipinski definition) is 2. The van der Waals surface area contributed by atoms with Crippen LogP contribution in [-0.4, -0.2) is 61.4 Å². The molecule has 0 saturated carbocycles. The highest BCUT2D eigenvalue weighted by Gasteiger charge is 2.27. The normalized spacial score (nSPS) is 17.0. The number of rotatable bonds is 7. The zero-order valence-corrected chi connectivity index (χ0v) is 20.2. The lowest BCUT2D eigenvalue weighted by atomic mass is 10.1. The second-order valence-corrected chi connectivity index (χ2v) is 7.65. The number of hydrogen-bond acceptors (Lipinski definition) is 3. The third kappa shape index (κ3) is 7.58. The van der Waals surface area contributed by atoms with Crippen LogP contribution in [-0.2, 0) is 17.9 Å². The smallest absolute Gasteiger partial charge is 0.225 e. The molecule has 1 atom stereocenters. The summed E-state index contributed by atoms with van der Waals surface area (Å²) >= 11 is 0. The van der Waals surface area contributed by atoms with Gasteiger partial charge in [0.1, 0.15) is 0 Å². The molecule has 28 heavy (non-hydrogen) atoms. The van der Waals surface area contributed by atoms with Gasteiger partial charge in [0.2, 0.25) is 5.91 Å². The van der Waals surface area contributed by atoms with Crippen molar-refractivity contribution in [3.05, 3.63) is 35.4 Å². The molecule has 1 aliphatic heterocycles. The van der Waals surface area contributed by atoms with Crippen molar-refractivity contribution in [1.82, 2.24) is 20.4 Å². The van der Waals surface area contributed by atoms with Gasteiger partial charge in [0.15, 0.2) is 5.96 Å². The Kier molecular flexibility index (Phi) is 10.8. The third-order valence-electron chi connectivity index (χ3n) is 5.00. The number of halogens is 1. The van der Waals surface area contributed by atoms with Crippen molar-refractivity contribution in [2.24, 2.45) is 10.9 Å². The fourth-order valence-electron chi connectivity index (χ4n) is 3.28. The summed E-state index contributed by atoms with van der Waals surface area (Å²) in [7, 11) is 3.92. The summed E-state index contributed by atoms with van der Waals surface area (Å²) < 4.78 is 0. The Morgan fingerprint density at radius 1 is 1.36 bits per heavy atom. The first-order chi connectivity index (χ1) is 12.9. The van der Waals surface area contributed by atoms with Crippen LogP contribution >= 0.6 is 24.0 Å². The number of nitrogens with zero attached hydrogens (tertiary/aromatic N) is 3. The summed E-state index contributed by atoms with van der Waals surface area (Å²) in [5, 5.41) is 6.85. The van der Waals surface area contributed by atoms with Gasteiger partial charge in [-0.2, -0.15) is 0 Å². The van der Waals surface area contributed by atoms with Gasteiger partial charge < -0.3 is 20.4 Å². The number of carbonyl (C=O) groups is 1. The molecule has 0 spiro atoms. The van der Waals surface area contributed by atoms with Crippen LogP contribution in [0.1, 0.15) is 38.3 Å². The van der Waals surface area contributed by atoms with E-state index in [2.05, 4.69) is 58.8 Å². The molecule has 158 valence electrons. The first-order valence-electron chi connectivity index (χ1n) is 9.95. The minimum Gasteiger partial charge on any atom is -0.352 e. The predicted molar refractivity (Wildman–Crippen MR) is 127 cm³/mol. The number of carbonyl (C=O) groups excluding carboxylic acids is 1. The largest absolute Gasteiger partial charge is 0.352 e. The lowest BCUT2D eigenvalue weighted by Gasteiger charge is -2.20. The molecule has 2 rings (SSSR count). The van der Waals surface area contributed by atoms with Crippen molar-refractivity contribution in [3.8, 4) is 0 Å². The van der Waals surface area contributed by atoms with Crippen LogP contribution in [0.3, 0.4) is 0 Å². The summed E-state index contributed by atoms with van der Waals surface area (Å²) in [5.41, 5.74) is 2.56. The summed E-state index contributed by atoms with van der Waals surface area (Å²) in [6, 6.07) is 8.91. The Labute approximate surface area is 187 Å². The number of likely N-dealkylation sites (tertiary alicyclic amines) is 1. The standard InChI is InChI=1S/C21H35N5O.HI/c1-6-25(5)14-18-9-7-8-17(12-18)13-23-21(22-4)24-19-10-11-26(15-19)20(27)16(2)3;/h7-9,12,16,19H,6,10-11,13-15H2,1-5H3,(H2,22,23,24);1H. The van der Waals surface area contributed by atoms with Crippen LogP contribution in [0.25, 0.3) is 0 Å². The van der Waals surface area contributed by atoms with E-state index in [1.807, 2.05) is 18.7 Å². The maximum atomic E-state index is 12.1. The number of nitrogens with one attached hydrogen (secondary N) is 2. The van der Waals surface area contributed by atoms with Crippen LogP contribution in [0, 0.1) is 5.92 Å². The number of guanidine groups is 1. The number of benzene rings is 1. The van der Waals surface area contributed by atoms with E-state index in [1.165, 1.54) is 11.1 Å². The van der Waals surface area contributed by atoms with Gasteiger partial charge in [0, 0.05) is 45.2 Å². The molecule has 1 saturated heterocycles. The lowest BCUT2D eigenvalue weighted by Crippen LogP contribution is -2.45. The fraction of sp³-hybridized carbons (Fsp3) is 0.619. The highest BCUT2D eigenvalue weighted by molar-refractivity contribution is 14.0. The molecule has 0 radical (unpaired) electrons. The molecule has 1 amide bonds. The maximum absolute atomic E-state index is 12.1. The first kappa shape index (κ1) is 24.7. The Hall–Kier alpha value is -1.35. The summed E-state index contributed by atoms with van der Waals surface area (Å²) in [4.78, 5) is 20.7. The van der Waals surface area contributed by atoms with E-state index in [1.54, 1.807) is 7.05 Å². The molecule has 1 unspecified atom stereocenters. The van der Waals surface area contributed by atoms with E-state index >= 15 is 0 Å². The van der Waals surface area contributed by atoms with Gasteiger partial charge in [-0.1, -0.05) is 45.0 Å².